The molecular weight excluding hydrogens is 180 g/mol. The minimum absolute atomic E-state index is 0.0683. The van der Waals surface area contributed by atoms with E-state index in [4.69, 9.17) is 5.11 Å². The Morgan fingerprint density at radius 1 is 1.64 bits per heavy atom. The van der Waals surface area contributed by atoms with Crippen LogP contribution in [-0.2, 0) is 4.79 Å². The largest absolute Gasteiger partial charge is 0.481 e. The SMILES string of the molecule is CCCC(O)C1C[CH]CCC1C(=O)O. The Morgan fingerprint density at radius 2 is 2.36 bits per heavy atom. The zero-order chi connectivity index (χ0) is 10.6. The van der Waals surface area contributed by atoms with E-state index in [2.05, 4.69) is 6.42 Å². The van der Waals surface area contributed by atoms with Crippen molar-refractivity contribution in [2.45, 2.75) is 45.1 Å². The molecule has 3 atom stereocenters. The maximum absolute atomic E-state index is 10.9. The van der Waals surface area contributed by atoms with Crippen LogP contribution in [0.1, 0.15) is 39.0 Å². The van der Waals surface area contributed by atoms with Gasteiger partial charge in [0, 0.05) is 0 Å². The van der Waals surface area contributed by atoms with Gasteiger partial charge in [0.15, 0.2) is 0 Å². The van der Waals surface area contributed by atoms with Gasteiger partial charge in [-0.25, -0.2) is 0 Å². The van der Waals surface area contributed by atoms with Crippen LogP contribution in [0.15, 0.2) is 0 Å². The van der Waals surface area contributed by atoms with Gasteiger partial charge in [0.05, 0.1) is 12.0 Å². The van der Waals surface area contributed by atoms with E-state index in [0.717, 1.165) is 19.3 Å². The summed E-state index contributed by atoms with van der Waals surface area (Å²) in [5.41, 5.74) is 0. The van der Waals surface area contributed by atoms with Crippen molar-refractivity contribution >= 4 is 5.97 Å². The van der Waals surface area contributed by atoms with E-state index in [9.17, 15) is 9.90 Å². The van der Waals surface area contributed by atoms with Gasteiger partial charge in [0.25, 0.3) is 0 Å². The monoisotopic (exact) mass is 199 g/mol. The summed E-state index contributed by atoms with van der Waals surface area (Å²) >= 11 is 0. The molecular formula is C11H19O3. The van der Waals surface area contributed by atoms with Crippen LogP contribution in [0, 0.1) is 18.3 Å². The van der Waals surface area contributed by atoms with Crippen LogP contribution >= 0.6 is 0 Å². The lowest BCUT2D eigenvalue weighted by Crippen LogP contribution is -2.35. The van der Waals surface area contributed by atoms with Crippen LogP contribution < -0.4 is 0 Å². The summed E-state index contributed by atoms with van der Waals surface area (Å²) in [6.07, 6.45) is 5.57. The van der Waals surface area contributed by atoms with Crippen LogP contribution in [0.25, 0.3) is 0 Å². The number of carboxylic acids is 1. The number of hydrogen-bond donors (Lipinski definition) is 2. The Labute approximate surface area is 85.1 Å². The summed E-state index contributed by atoms with van der Waals surface area (Å²) in [5.74, 6) is -1.17. The maximum atomic E-state index is 10.9. The van der Waals surface area contributed by atoms with Gasteiger partial charge in [-0.15, -0.1) is 0 Å². The molecule has 0 amide bonds. The van der Waals surface area contributed by atoms with Crippen molar-refractivity contribution in [1.82, 2.24) is 0 Å². The molecule has 3 heteroatoms. The lowest BCUT2D eigenvalue weighted by molar-refractivity contribution is -0.146. The molecule has 0 aromatic rings. The highest BCUT2D eigenvalue weighted by Crippen LogP contribution is 2.33. The van der Waals surface area contributed by atoms with Crippen LogP contribution in [-0.4, -0.2) is 22.3 Å². The fourth-order valence-electron chi connectivity index (χ4n) is 2.23. The van der Waals surface area contributed by atoms with Crippen molar-refractivity contribution in [2.24, 2.45) is 11.8 Å². The molecule has 1 fully saturated rings. The number of aliphatic hydroxyl groups excluding tert-OH is 1. The molecule has 3 unspecified atom stereocenters. The Kier molecular flexibility index (Phi) is 4.39. The summed E-state index contributed by atoms with van der Waals surface area (Å²) in [6, 6.07) is 0. The highest BCUT2D eigenvalue weighted by atomic mass is 16.4. The van der Waals surface area contributed by atoms with Crippen LogP contribution in [0.2, 0.25) is 0 Å². The van der Waals surface area contributed by atoms with Gasteiger partial charge in [-0.1, -0.05) is 13.3 Å². The van der Waals surface area contributed by atoms with Crippen molar-refractivity contribution < 1.29 is 15.0 Å². The minimum atomic E-state index is -0.752. The molecule has 0 aromatic carbocycles. The lowest BCUT2D eigenvalue weighted by atomic mass is 9.75. The third-order valence-corrected chi connectivity index (χ3v) is 3.03. The maximum Gasteiger partial charge on any atom is 0.306 e. The quantitative estimate of drug-likeness (QED) is 0.726. The van der Waals surface area contributed by atoms with Gasteiger partial charge in [-0.05, 0) is 38.0 Å². The fourth-order valence-corrected chi connectivity index (χ4v) is 2.23. The Morgan fingerprint density at radius 3 is 2.93 bits per heavy atom. The van der Waals surface area contributed by atoms with Crippen LogP contribution in [0.4, 0.5) is 0 Å². The van der Waals surface area contributed by atoms with Crippen molar-refractivity contribution in [3.05, 3.63) is 6.42 Å². The molecule has 2 N–H and O–H groups in total. The van der Waals surface area contributed by atoms with Crippen molar-refractivity contribution in [2.75, 3.05) is 0 Å². The van der Waals surface area contributed by atoms with E-state index < -0.39 is 12.1 Å². The molecule has 1 aliphatic carbocycles. The first-order valence-corrected chi connectivity index (χ1v) is 5.39. The first kappa shape index (κ1) is 11.5. The van der Waals surface area contributed by atoms with Crippen LogP contribution in [0.3, 0.4) is 0 Å². The normalized spacial score (nSPS) is 29.9. The highest BCUT2D eigenvalue weighted by molar-refractivity contribution is 5.70. The summed E-state index contributed by atoms with van der Waals surface area (Å²) in [5, 5.41) is 18.8. The number of carboxylic acid groups (broad SMARTS) is 1. The molecule has 0 bridgehead atoms. The first-order chi connectivity index (χ1) is 6.66. The Balaban J connectivity index is 2.57. The van der Waals surface area contributed by atoms with Gasteiger partial charge in [0.1, 0.15) is 0 Å². The van der Waals surface area contributed by atoms with Gasteiger partial charge >= 0.3 is 5.97 Å². The van der Waals surface area contributed by atoms with Gasteiger partial charge in [-0.2, -0.15) is 0 Å². The van der Waals surface area contributed by atoms with E-state index in [0.29, 0.717) is 12.8 Å². The summed E-state index contributed by atoms with van der Waals surface area (Å²) in [4.78, 5) is 10.9. The number of aliphatic carboxylic acids is 1. The molecule has 1 radical (unpaired) electrons. The zero-order valence-corrected chi connectivity index (χ0v) is 8.65. The van der Waals surface area contributed by atoms with Crippen molar-refractivity contribution in [1.29, 1.82) is 0 Å². The standard InChI is InChI=1S/C11H19O3/c1-2-5-10(12)8-6-3-4-7-9(8)11(13)14/h3,8-10,12H,2,4-7H2,1H3,(H,13,14). The summed E-state index contributed by atoms with van der Waals surface area (Å²) in [6.45, 7) is 2.01. The van der Waals surface area contributed by atoms with E-state index in [1.807, 2.05) is 6.92 Å². The molecule has 0 spiro atoms. The average molecular weight is 199 g/mol. The molecule has 0 saturated heterocycles. The summed E-state index contributed by atoms with van der Waals surface area (Å²) < 4.78 is 0. The molecule has 0 heterocycles. The van der Waals surface area contributed by atoms with Crippen LogP contribution in [0.5, 0.6) is 0 Å². The molecule has 3 nitrogen and oxygen atoms in total. The van der Waals surface area contributed by atoms with E-state index in [1.54, 1.807) is 0 Å². The third kappa shape index (κ3) is 2.71. The van der Waals surface area contributed by atoms with Crippen molar-refractivity contribution in [3.63, 3.8) is 0 Å². The van der Waals surface area contributed by atoms with Gasteiger partial charge < -0.3 is 10.2 Å². The molecule has 1 aliphatic rings. The number of rotatable bonds is 4. The topological polar surface area (TPSA) is 57.5 Å². The second-order valence-corrected chi connectivity index (χ2v) is 4.07. The zero-order valence-electron chi connectivity index (χ0n) is 8.65. The predicted molar refractivity (Wildman–Crippen MR) is 53.7 cm³/mol. The molecule has 1 rings (SSSR count). The predicted octanol–water partition coefficient (Wildman–Crippen LogP) is 1.85. The van der Waals surface area contributed by atoms with Gasteiger partial charge in [-0.3, -0.25) is 4.79 Å². The molecule has 1 saturated carbocycles. The number of carbonyl (C=O) groups is 1. The summed E-state index contributed by atoms with van der Waals surface area (Å²) in [7, 11) is 0. The van der Waals surface area contributed by atoms with E-state index in [1.165, 1.54) is 0 Å². The minimum Gasteiger partial charge on any atom is -0.481 e. The van der Waals surface area contributed by atoms with Crippen molar-refractivity contribution in [3.8, 4) is 0 Å². The first-order valence-electron chi connectivity index (χ1n) is 5.39. The average Bonchev–Trinajstić information content (AvgIpc) is 2.18. The Bertz CT molecular complexity index is 191. The third-order valence-electron chi connectivity index (χ3n) is 3.03. The second-order valence-electron chi connectivity index (χ2n) is 4.07. The molecule has 0 aromatic heterocycles. The smallest absolute Gasteiger partial charge is 0.306 e. The van der Waals surface area contributed by atoms with E-state index >= 15 is 0 Å². The lowest BCUT2D eigenvalue weighted by Gasteiger charge is -2.31. The van der Waals surface area contributed by atoms with Gasteiger partial charge in [0.2, 0.25) is 0 Å². The number of hydrogen-bond acceptors (Lipinski definition) is 2. The fraction of sp³-hybridized carbons (Fsp3) is 0.818. The highest BCUT2D eigenvalue weighted by Gasteiger charge is 2.34. The van der Waals surface area contributed by atoms with E-state index in [-0.39, 0.29) is 11.8 Å². The number of aliphatic hydroxyl groups is 1. The Hall–Kier alpha value is -0.570. The molecule has 0 aliphatic heterocycles. The molecule has 81 valence electrons. The molecule has 14 heavy (non-hydrogen) atoms. The second kappa shape index (κ2) is 5.35.